The van der Waals surface area contributed by atoms with Crippen molar-refractivity contribution < 1.29 is 14.3 Å². The van der Waals surface area contributed by atoms with E-state index in [1.807, 2.05) is 27.8 Å². The Balaban J connectivity index is 1.61. The number of fused-ring (bicyclic) bond motifs is 1. The number of unbranched alkanes of at least 4 members (excludes halogenated alkanes) is 9. The van der Waals surface area contributed by atoms with Crippen LogP contribution in [0.25, 0.3) is 11.0 Å². The van der Waals surface area contributed by atoms with Crippen LogP contribution in [0, 0.1) is 0 Å². The molecular formula is C30H48N4O3S. The lowest BCUT2D eigenvalue weighted by atomic mass is 10.1. The largest absolute Gasteiger partial charge is 0.476 e. The third-order valence-corrected chi connectivity index (χ3v) is 6.82. The average Bonchev–Trinajstić information content (AvgIpc) is 3.19. The number of carbonyl (C=O) groups is 1. The van der Waals surface area contributed by atoms with Gasteiger partial charge >= 0.3 is 5.97 Å². The Kier molecular flexibility index (Phi) is 15.1. The first-order chi connectivity index (χ1) is 18.3. The van der Waals surface area contributed by atoms with Gasteiger partial charge < -0.3 is 9.47 Å². The van der Waals surface area contributed by atoms with E-state index < -0.39 is 5.60 Å². The number of ether oxygens (including phenoxy) is 2. The molecule has 2 heterocycles. The lowest BCUT2D eigenvalue weighted by Crippen LogP contribution is -2.24. The smallest absolute Gasteiger partial charge is 0.316 e. The van der Waals surface area contributed by atoms with Gasteiger partial charge in [-0.2, -0.15) is 5.10 Å². The van der Waals surface area contributed by atoms with E-state index in [-0.39, 0.29) is 11.7 Å². The van der Waals surface area contributed by atoms with E-state index in [1.54, 1.807) is 4.68 Å². The standard InChI is InChI=1S/C30H48N4O3S/c1-6-7-8-9-10-11-12-13-14-15-16-17-18-19-20-21-22-36-29-27-26(33-34(29)5)28(32-24-31-27)38-23-25(35)37-30(2,3)4/h10-11,13-14,24H,6-9,12,15-23H2,1-5H3. The Hall–Kier alpha value is -2.35. The summed E-state index contributed by atoms with van der Waals surface area (Å²) in [5, 5.41) is 5.20. The molecule has 212 valence electrons. The Morgan fingerprint density at radius 2 is 1.58 bits per heavy atom. The molecule has 0 unspecified atom stereocenters. The van der Waals surface area contributed by atoms with Gasteiger partial charge in [0.25, 0.3) is 0 Å². The number of esters is 1. The van der Waals surface area contributed by atoms with Gasteiger partial charge in [-0.25, -0.2) is 14.6 Å². The monoisotopic (exact) mass is 544 g/mol. The maximum Gasteiger partial charge on any atom is 0.316 e. The van der Waals surface area contributed by atoms with Crippen LogP contribution in [0.2, 0.25) is 0 Å². The molecule has 0 saturated heterocycles. The van der Waals surface area contributed by atoms with E-state index >= 15 is 0 Å². The molecule has 0 N–H and O–H groups in total. The van der Waals surface area contributed by atoms with Crippen LogP contribution in [0.1, 0.15) is 105 Å². The first kappa shape index (κ1) is 31.9. The molecule has 0 atom stereocenters. The molecule has 7 nitrogen and oxygen atoms in total. The van der Waals surface area contributed by atoms with Crippen LogP contribution in [-0.2, 0) is 16.6 Å². The average molecular weight is 545 g/mol. The van der Waals surface area contributed by atoms with Gasteiger partial charge in [-0.3, -0.25) is 4.79 Å². The highest BCUT2D eigenvalue weighted by atomic mass is 32.2. The molecule has 8 heteroatoms. The van der Waals surface area contributed by atoms with Crippen LogP contribution in [0.4, 0.5) is 0 Å². The fourth-order valence-electron chi connectivity index (χ4n) is 3.98. The van der Waals surface area contributed by atoms with Crippen LogP contribution >= 0.6 is 11.8 Å². The molecule has 2 aromatic rings. The zero-order valence-corrected chi connectivity index (χ0v) is 25.0. The molecule has 0 spiro atoms. The SMILES string of the molecule is CCCCCC=CCC=CCCCCCCCCOc1c2ncnc(SCC(=O)OC(C)(C)C)c2nn1C. The van der Waals surface area contributed by atoms with Crippen LogP contribution in [0.3, 0.4) is 0 Å². The van der Waals surface area contributed by atoms with Crippen molar-refractivity contribution in [1.82, 2.24) is 19.7 Å². The Morgan fingerprint density at radius 1 is 0.921 bits per heavy atom. The fourth-order valence-corrected chi connectivity index (χ4v) is 4.69. The van der Waals surface area contributed by atoms with Gasteiger partial charge in [-0.05, 0) is 59.3 Å². The van der Waals surface area contributed by atoms with Crippen molar-refractivity contribution in [2.75, 3.05) is 12.4 Å². The van der Waals surface area contributed by atoms with Crippen molar-refractivity contribution in [1.29, 1.82) is 0 Å². The fraction of sp³-hybridized carbons (Fsp3) is 0.667. The Labute approximate surface area is 233 Å². The summed E-state index contributed by atoms with van der Waals surface area (Å²) in [5.74, 6) is 0.534. The van der Waals surface area contributed by atoms with E-state index in [2.05, 4.69) is 46.3 Å². The summed E-state index contributed by atoms with van der Waals surface area (Å²) in [4.78, 5) is 20.8. The molecule has 0 bridgehead atoms. The second-order valence-corrected chi connectivity index (χ2v) is 11.6. The zero-order valence-electron chi connectivity index (χ0n) is 24.2. The second kappa shape index (κ2) is 18.0. The van der Waals surface area contributed by atoms with E-state index in [0.29, 0.717) is 28.5 Å². The predicted molar refractivity (Wildman–Crippen MR) is 158 cm³/mol. The predicted octanol–water partition coefficient (Wildman–Crippen LogP) is 7.99. The van der Waals surface area contributed by atoms with Gasteiger partial charge in [0, 0.05) is 7.05 Å². The molecule has 0 fully saturated rings. The number of hydrogen-bond acceptors (Lipinski definition) is 7. The number of aromatic nitrogens is 4. The maximum atomic E-state index is 12.1. The first-order valence-electron chi connectivity index (χ1n) is 14.3. The minimum atomic E-state index is -0.507. The number of allylic oxidation sites excluding steroid dienone is 4. The summed E-state index contributed by atoms with van der Waals surface area (Å²) in [6, 6.07) is 0. The molecule has 0 amide bonds. The van der Waals surface area contributed by atoms with Crippen molar-refractivity contribution in [3.8, 4) is 5.88 Å². The number of carbonyl (C=O) groups excluding carboxylic acids is 1. The Bertz CT molecular complexity index is 1010. The van der Waals surface area contributed by atoms with Crippen molar-refractivity contribution in [3.05, 3.63) is 30.6 Å². The van der Waals surface area contributed by atoms with Crippen LogP contribution in [-0.4, -0.2) is 43.7 Å². The summed E-state index contributed by atoms with van der Waals surface area (Å²) >= 11 is 1.31. The van der Waals surface area contributed by atoms with E-state index in [4.69, 9.17) is 9.47 Å². The summed E-state index contributed by atoms with van der Waals surface area (Å²) in [6.45, 7) is 8.45. The van der Waals surface area contributed by atoms with Crippen LogP contribution in [0.5, 0.6) is 5.88 Å². The van der Waals surface area contributed by atoms with Crippen molar-refractivity contribution in [2.45, 2.75) is 115 Å². The lowest BCUT2D eigenvalue weighted by Gasteiger charge is -2.19. The first-order valence-corrected chi connectivity index (χ1v) is 15.3. The van der Waals surface area contributed by atoms with Crippen molar-refractivity contribution >= 4 is 28.8 Å². The minimum absolute atomic E-state index is 0.170. The van der Waals surface area contributed by atoms with E-state index in [0.717, 1.165) is 19.3 Å². The van der Waals surface area contributed by atoms with Crippen molar-refractivity contribution in [2.24, 2.45) is 7.05 Å². The van der Waals surface area contributed by atoms with E-state index in [1.165, 1.54) is 75.9 Å². The maximum absolute atomic E-state index is 12.1. The molecule has 0 aromatic carbocycles. The summed E-state index contributed by atoms with van der Waals surface area (Å²) in [5.41, 5.74) is 0.817. The highest BCUT2D eigenvalue weighted by molar-refractivity contribution is 8.00. The summed E-state index contributed by atoms with van der Waals surface area (Å²) in [7, 11) is 1.84. The number of nitrogens with zero attached hydrogens (tertiary/aromatic N) is 4. The molecular weight excluding hydrogens is 496 g/mol. The molecule has 0 aliphatic heterocycles. The van der Waals surface area contributed by atoms with Gasteiger partial charge in [-0.15, -0.1) is 0 Å². The van der Waals surface area contributed by atoms with Crippen molar-refractivity contribution in [3.63, 3.8) is 0 Å². The van der Waals surface area contributed by atoms with Gasteiger partial charge in [0.2, 0.25) is 5.88 Å². The topological polar surface area (TPSA) is 79.1 Å². The third-order valence-electron chi connectivity index (χ3n) is 5.87. The van der Waals surface area contributed by atoms with Gasteiger partial charge in [0.15, 0.2) is 5.52 Å². The Morgan fingerprint density at radius 3 is 2.26 bits per heavy atom. The molecule has 0 aliphatic rings. The number of hydrogen-bond donors (Lipinski definition) is 0. The summed E-state index contributed by atoms with van der Waals surface area (Å²) in [6.07, 6.45) is 25.3. The van der Waals surface area contributed by atoms with Crippen LogP contribution in [0.15, 0.2) is 35.7 Å². The normalized spacial score (nSPS) is 12.2. The quantitative estimate of drug-likeness (QED) is 0.0583. The zero-order chi connectivity index (χ0) is 27.6. The minimum Gasteiger partial charge on any atom is -0.476 e. The molecule has 38 heavy (non-hydrogen) atoms. The highest BCUT2D eigenvalue weighted by Gasteiger charge is 2.20. The molecule has 2 aromatic heterocycles. The van der Waals surface area contributed by atoms with Gasteiger partial charge in [0.05, 0.1) is 12.4 Å². The number of aryl methyl sites for hydroxylation is 1. The lowest BCUT2D eigenvalue weighted by molar-refractivity contribution is -0.151. The number of rotatable bonds is 19. The van der Waals surface area contributed by atoms with Gasteiger partial charge in [-0.1, -0.05) is 81.5 Å². The molecule has 0 saturated carbocycles. The summed E-state index contributed by atoms with van der Waals surface area (Å²) < 4.78 is 13.1. The third kappa shape index (κ3) is 12.9. The number of thioether (sulfide) groups is 1. The van der Waals surface area contributed by atoms with Gasteiger partial charge in [0.1, 0.15) is 22.5 Å². The van der Waals surface area contributed by atoms with Crippen LogP contribution < -0.4 is 4.74 Å². The molecule has 0 radical (unpaired) electrons. The second-order valence-electron chi connectivity index (χ2n) is 10.6. The highest BCUT2D eigenvalue weighted by Crippen LogP contribution is 2.29. The molecule has 2 rings (SSSR count). The molecule has 0 aliphatic carbocycles. The van der Waals surface area contributed by atoms with E-state index in [9.17, 15) is 4.79 Å².